The van der Waals surface area contributed by atoms with E-state index in [1.165, 1.54) is 16.8 Å². The molecule has 0 aliphatic rings. The van der Waals surface area contributed by atoms with Gasteiger partial charge in [0.05, 0.1) is 18.1 Å². The molecule has 0 aliphatic heterocycles. The van der Waals surface area contributed by atoms with E-state index in [1.54, 1.807) is 18.3 Å². The molecule has 0 aliphatic carbocycles. The lowest BCUT2D eigenvalue weighted by molar-refractivity contribution is 0.622. The molecule has 0 bridgehead atoms. The van der Waals surface area contributed by atoms with Gasteiger partial charge in [-0.3, -0.25) is 4.98 Å². The van der Waals surface area contributed by atoms with Crippen molar-refractivity contribution in [3.63, 3.8) is 0 Å². The average molecular weight is 279 g/mol. The van der Waals surface area contributed by atoms with Gasteiger partial charge in [0.25, 0.3) is 0 Å². The molecule has 0 aromatic carbocycles. The summed E-state index contributed by atoms with van der Waals surface area (Å²) in [5.41, 5.74) is 1.75. The maximum atomic E-state index is 13.1. The van der Waals surface area contributed by atoms with Crippen molar-refractivity contribution >= 4 is 17.2 Å². The molecule has 3 aromatic rings. The minimum absolute atomic E-state index is 0.409. The summed E-state index contributed by atoms with van der Waals surface area (Å²) < 4.78 is 14.6. The predicted octanol–water partition coefficient (Wildman–Crippen LogP) is 3.61. The Labute approximate surface area is 114 Å². The van der Waals surface area contributed by atoms with Crippen molar-refractivity contribution in [3.05, 3.63) is 47.8 Å². The van der Waals surface area contributed by atoms with E-state index in [1.807, 2.05) is 13.8 Å². The molecule has 3 rings (SSSR count). The Bertz CT molecular complexity index is 696. The van der Waals surface area contributed by atoms with Crippen molar-refractivity contribution < 1.29 is 4.39 Å². The zero-order valence-corrected chi connectivity index (χ0v) is 11.3. The van der Waals surface area contributed by atoms with Gasteiger partial charge in [0.2, 0.25) is 0 Å². The first-order valence-corrected chi connectivity index (χ1v) is 6.23. The van der Waals surface area contributed by atoms with Gasteiger partial charge in [-0.1, -0.05) is 25.4 Å². The number of hydrogen-bond donors (Lipinski definition) is 0. The summed E-state index contributed by atoms with van der Waals surface area (Å²) in [6.45, 7) is 4.00. The first kappa shape index (κ1) is 13.4. The Morgan fingerprint density at radius 1 is 1.21 bits per heavy atom. The van der Waals surface area contributed by atoms with Crippen molar-refractivity contribution in [2.24, 2.45) is 0 Å². The van der Waals surface area contributed by atoms with Crippen LogP contribution in [0.4, 0.5) is 4.39 Å². The Morgan fingerprint density at radius 2 is 2.00 bits per heavy atom. The molecule has 0 radical (unpaired) electrons. The van der Waals surface area contributed by atoms with Crippen LogP contribution in [-0.2, 0) is 0 Å². The molecule has 3 heterocycles. The van der Waals surface area contributed by atoms with Crippen molar-refractivity contribution in [2.75, 3.05) is 0 Å². The van der Waals surface area contributed by atoms with Gasteiger partial charge in [0.1, 0.15) is 11.0 Å². The molecule has 0 saturated heterocycles. The van der Waals surface area contributed by atoms with E-state index in [2.05, 4.69) is 15.1 Å². The topological polar surface area (TPSA) is 43.1 Å². The summed E-state index contributed by atoms with van der Waals surface area (Å²) >= 11 is 6.04. The second-order valence-electron chi connectivity index (χ2n) is 3.46. The van der Waals surface area contributed by atoms with Crippen molar-refractivity contribution in [1.29, 1.82) is 0 Å². The molecule has 0 unspecified atom stereocenters. The molecule has 19 heavy (non-hydrogen) atoms. The number of halogens is 2. The predicted molar refractivity (Wildman–Crippen MR) is 72.5 cm³/mol. The lowest BCUT2D eigenvalue weighted by Gasteiger charge is -2.03. The van der Waals surface area contributed by atoms with Crippen LogP contribution in [0.5, 0.6) is 0 Å². The summed E-state index contributed by atoms with van der Waals surface area (Å²) in [7, 11) is 0. The van der Waals surface area contributed by atoms with Crippen LogP contribution in [0.2, 0.25) is 5.15 Å². The normalized spacial score (nSPS) is 10.1. The maximum Gasteiger partial charge on any atom is 0.157 e. The van der Waals surface area contributed by atoms with E-state index in [0.29, 0.717) is 22.1 Å². The van der Waals surface area contributed by atoms with Crippen LogP contribution in [0, 0.1) is 5.82 Å². The van der Waals surface area contributed by atoms with Crippen LogP contribution in [0.25, 0.3) is 16.9 Å². The summed E-state index contributed by atoms with van der Waals surface area (Å²) in [6, 6.07) is 4.71. The molecule has 0 saturated carbocycles. The minimum Gasteiger partial charge on any atom is -0.261 e. The highest BCUT2D eigenvalue weighted by molar-refractivity contribution is 6.30. The molecule has 0 N–H and O–H groups in total. The van der Waals surface area contributed by atoms with E-state index < -0.39 is 5.82 Å². The quantitative estimate of drug-likeness (QED) is 0.639. The number of hydrogen-bond acceptors (Lipinski definition) is 3. The highest BCUT2D eigenvalue weighted by atomic mass is 35.5. The van der Waals surface area contributed by atoms with Crippen LogP contribution >= 0.6 is 11.6 Å². The average Bonchev–Trinajstić information content (AvgIpc) is 2.90. The second kappa shape index (κ2) is 5.75. The zero-order chi connectivity index (χ0) is 13.8. The van der Waals surface area contributed by atoms with E-state index >= 15 is 0 Å². The lowest BCUT2D eigenvalue weighted by atomic mass is 10.2. The number of fused-ring (bicyclic) bond motifs is 1. The van der Waals surface area contributed by atoms with Gasteiger partial charge >= 0.3 is 0 Å². The highest BCUT2D eigenvalue weighted by Gasteiger charge is 2.07. The third-order valence-corrected chi connectivity index (χ3v) is 2.59. The molecule has 0 amide bonds. The molecule has 6 heteroatoms. The molecule has 4 nitrogen and oxygen atoms in total. The fourth-order valence-electron chi connectivity index (χ4n) is 1.58. The van der Waals surface area contributed by atoms with E-state index in [0.717, 1.165) is 6.20 Å². The molecule has 0 atom stereocenters. The summed E-state index contributed by atoms with van der Waals surface area (Å²) in [6.07, 6.45) is 4.28. The van der Waals surface area contributed by atoms with E-state index in [4.69, 9.17) is 11.6 Å². The monoisotopic (exact) mass is 278 g/mol. The van der Waals surface area contributed by atoms with Gasteiger partial charge in [-0.25, -0.2) is 13.9 Å². The molecular weight excluding hydrogens is 267 g/mol. The van der Waals surface area contributed by atoms with E-state index in [-0.39, 0.29) is 0 Å². The fourth-order valence-corrected chi connectivity index (χ4v) is 1.81. The van der Waals surface area contributed by atoms with Crippen LogP contribution in [-0.4, -0.2) is 19.6 Å². The maximum absolute atomic E-state index is 13.1. The molecule has 3 aromatic heterocycles. The Morgan fingerprint density at radius 3 is 2.74 bits per heavy atom. The number of rotatable bonds is 1. The highest BCUT2D eigenvalue weighted by Crippen LogP contribution is 2.21. The molecule has 0 fully saturated rings. The van der Waals surface area contributed by atoms with Crippen LogP contribution < -0.4 is 0 Å². The molecular formula is C13H12ClFN4. The Hall–Kier alpha value is -2.01. The van der Waals surface area contributed by atoms with Gasteiger partial charge in [-0.05, 0) is 6.07 Å². The van der Waals surface area contributed by atoms with Gasteiger partial charge in [0.15, 0.2) is 5.65 Å². The van der Waals surface area contributed by atoms with Crippen molar-refractivity contribution in [3.8, 4) is 11.3 Å². The van der Waals surface area contributed by atoms with Gasteiger partial charge < -0.3 is 0 Å². The number of nitrogens with zero attached hydrogens (tertiary/aromatic N) is 4. The number of aromatic nitrogens is 4. The van der Waals surface area contributed by atoms with Gasteiger partial charge in [-0.15, -0.1) is 0 Å². The largest absolute Gasteiger partial charge is 0.261 e. The Kier molecular flexibility index (Phi) is 4.06. The van der Waals surface area contributed by atoms with Crippen molar-refractivity contribution in [1.82, 2.24) is 19.6 Å². The molecule has 0 spiro atoms. The van der Waals surface area contributed by atoms with Gasteiger partial charge in [0, 0.05) is 23.9 Å². The first-order valence-electron chi connectivity index (χ1n) is 5.85. The van der Waals surface area contributed by atoms with Crippen LogP contribution in [0.1, 0.15) is 13.8 Å². The standard InChI is InChI=1S/C11H6ClFN4.C2H6/c12-10-4-9(7-3-8(13)6-14-5-7)16-11-1-2-15-17(10)11;1-2/h1-6H;1-2H3. The SMILES string of the molecule is CC.Fc1cncc(-c2cc(Cl)n3nccc3n2)c1. The zero-order valence-electron chi connectivity index (χ0n) is 10.5. The fraction of sp³-hybridized carbons (Fsp3) is 0.154. The lowest BCUT2D eigenvalue weighted by Crippen LogP contribution is -1.94. The summed E-state index contributed by atoms with van der Waals surface area (Å²) in [5, 5.41) is 4.42. The minimum atomic E-state index is -0.409. The van der Waals surface area contributed by atoms with Crippen LogP contribution in [0.15, 0.2) is 36.8 Å². The van der Waals surface area contributed by atoms with Crippen LogP contribution in [0.3, 0.4) is 0 Å². The van der Waals surface area contributed by atoms with Crippen molar-refractivity contribution in [2.45, 2.75) is 13.8 Å². The Balaban J connectivity index is 0.000000637. The smallest absolute Gasteiger partial charge is 0.157 e. The molecule has 98 valence electrons. The number of pyridine rings is 1. The first-order chi connectivity index (χ1) is 9.24. The second-order valence-corrected chi connectivity index (χ2v) is 3.84. The summed E-state index contributed by atoms with van der Waals surface area (Å²) in [4.78, 5) is 8.09. The third kappa shape index (κ3) is 2.71. The van der Waals surface area contributed by atoms with Gasteiger partial charge in [-0.2, -0.15) is 5.10 Å². The van der Waals surface area contributed by atoms with E-state index in [9.17, 15) is 4.39 Å². The third-order valence-electron chi connectivity index (χ3n) is 2.32. The summed E-state index contributed by atoms with van der Waals surface area (Å²) in [5.74, 6) is -0.409.